The molecule has 1 heterocycles. The highest BCUT2D eigenvalue weighted by molar-refractivity contribution is 7.81. The molecule has 0 aliphatic carbocycles. The minimum atomic E-state index is -0.650. The van der Waals surface area contributed by atoms with Gasteiger partial charge in [-0.1, -0.05) is 0 Å². The average molecular weight is 203 g/mol. The zero-order valence-electron chi connectivity index (χ0n) is 7.15. The van der Waals surface area contributed by atoms with Crippen LogP contribution in [0.4, 0.5) is 0 Å². The molecule has 1 aliphatic rings. The summed E-state index contributed by atoms with van der Waals surface area (Å²) < 4.78 is 9.57. The SMILES string of the molecule is CC(S)C(=O)NCB1OCC(=O)O1. The first-order valence-corrected chi connectivity index (χ1v) is 4.38. The van der Waals surface area contributed by atoms with E-state index in [0.29, 0.717) is 0 Å². The number of carbonyl (C=O) groups is 2. The topological polar surface area (TPSA) is 64.6 Å². The molecule has 0 saturated carbocycles. The van der Waals surface area contributed by atoms with E-state index in [2.05, 4.69) is 17.9 Å². The van der Waals surface area contributed by atoms with Crippen molar-refractivity contribution in [2.45, 2.75) is 12.2 Å². The Morgan fingerprint density at radius 3 is 3.00 bits per heavy atom. The molecule has 0 spiro atoms. The summed E-state index contributed by atoms with van der Waals surface area (Å²) in [6.45, 7) is 1.61. The largest absolute Gasteiger partial charge is 0.548 e. The number of carbonyl (C=O) groups excluding carboxylic acids is 2. The summed E-state index contributed by atoms with van der Waals surface area (Å²) in [6, 6.07) is 0. The van der Waals surface area contributed by atoms with Crippen LogP contribution in [0.15, 0.2) is 0 Å². The number of nitrogens with one attached hydrogen (secondary N) is 1. The van der Waals surface area contributed by atoms with Crippen LogP contribution in [0, 0.1) is 0 Å². The van der Waals surface area contributed by atoms with Gasteiger partial charge in [0, 0.05) is 0 Å². The highest BCUT2D eigenvalue weighted by Gasteiger charge is 2.31. The van der Waals surface area contributed by atoms with E-state index in [4.69, 9.17) is 9.31 Å². The number of rotatable bonds is 3. The van der Waals surface area contributed by atoms with Crippen LogP contribution in [0.25, 0.3) is 0 Å². The molecule has 1 N–H and O–H groups in total. The van der Waals surface area contributed by atoms with Crippen LogP contribution in [0.2, 0.25) is 0 Å². The molecular formula is C6H10BNO4S. The van der Waals surface area contributed by atoms with Gasteiger partial charge < -0.3 is 14.6 Å². The van der Waals surface area contributed by atoms with Gasteiger partial charge in [0.1, 0.15) is 6.61 Å². The second kappa shape index (κ2) is 4.52. The Morgan fingerprint density at radius 2 is 2.54 bits per heavy atom. The number of amides is 1. The summed E-state index contributed by atoms with van der Waals surface area (Å²) >= 11 is 3.93. The Morgan fingerprint density at radius 1 is 1.85 bits per heavy atom. The Balaban J connectivity index is 2.19. The third kappa shape index (κ3) is 3.27. The Kier molecular flexibility index (Phi) is 3.62. The number of hydrogen-bond acceptors (Lipinski definition) is 5. The van der Waals surface area contributed by atoms with Gasteiger partial charge >= 0.3 is 13.1 Å². The van der Waals surface area contributed by atoms with Gasteiger partial charge in [-0.3, -0.25) is 9.59 Å². The lowest BCUT2D eigenvalue weighted by atomic mass is 9.91. The maximum absolute atomic E-state index is 11.0. The van der Waals surface area contributed by atoms with Crippen molar-refractivity contribution in [1.29, 1.82) is 0 Å². The van der Waals surface area contributed by atoms with Crippen molar-refractivity contribution in [3.63, 3.8) is 0 Å². The summed E-state index contributed by atoms with van der Waals surface area (Å²) in [5.74, 6) is -0.618. The Hall–Kier alpha value is -0.685. The zero-order valence-corrected chi connectivity index (χ0v) is 8.04. The van der Waals surface area contributed by atoms with Crippen LogP contribution >= 0.6 is 12.6 Å². The molecule has 0 bridgehead atoms. The van der Waals surface area contributed by atoms with Crippen LogP contribution in [0.5, 0.6) is 0 Å². The van der Waals surface area contributed by atoms with Crippen LogP contribution in [0.1, 0.15) is 6.92 Å². The molecule has 1 amide bonds. The quantitative estimate of drug-likeness (QED) is 0.457. The van der Waals surface area contributed by atoms with Crippen LogP contribution in [-0.4, -0.2) is 37.3 Å². The summed E-state index contributed by atoms with van der Waals surface area (Å²) in [5, 5.41) is 2.15. The molecule has 0 aromatic rings. The predicted octanol–water partition coefficient (Wildman–Crippen LogP) is -0.978. The standard InChI is InChI=1S/C6H10BNO4S/c1-4(13)6(10)8-3-7-11-2-5(9)12-7/h4,13H,2-3H2,1H3,(H,8,10). The van der Waals surface area contributed by atoms with E-state index in [-0.39, 0.29) is 24.2 Å². The lowest BCUT2D eigenvalue weighted by molar-refractivity contribution is -0.132. The van der Waals surface area contributed by atoms with Crippen LogP contribution in [-0.2, 0) is 18.9 Å². The molecule has 0 aromatic heterocycles. The van der Waals surface area contributed by atoms with Crippen molar-refractivity contribution in [3.05, 3.63) is 0 Å². The van der Waals surface area contributed by atoms with Crippen molar-refractivity contribution in [3.8, 4) is 0 Å². The van der Waals surface area contributed by atoms with Crippen molar-refractivity contribution in [2.75, 3.05) is 13.1 Å². The first-order valence-electron chi connectivity index (χ1n) is 3.86. The third-order valence-electron chi connectivity index (χ3n) is 1.47. The first-order chi connectivity index (χ1) is 6.09. The molecule has 0 aromatic carbocycles. The van der Waals surface area contributed by atoms with Gasteiger partial charge in [0.2, 0.25) is 5.91 Å². The van der Waals surface area contributed by atoms with E-state index < -0.39 is 13.1 Å². The van der Waals surface area contributed by atoms with Gasteiger partial charge in [-0.2, -0.15) is 12.6 Å². The summed E-state index contributed by atoms with van der Waals surface area (Å²) in [5.41, 5.74) is 0. The fraction of sp³-hybridized carbons (Fsp3) is 0.667. The van der Waals surface area contributed by atoms with Gasteiger partial charge in [-0.25, -0.2) is 0 Å². The molecule has 1 atom stereocenters. The smallest absolute Gasteiger partial charge is 0.507 e. The minimum Gasteiger partial charge on any atom is -0.507 e. The molecule has 1 unspecified atom stereocenters. The molecular weight excluding hydrogens is 193 g/mol. The summed E-state index contributed by atoms with van der Waals surface area (Å²) in [7, 11) is -0.650. The van der Waals surface area contributed by atoms with Crippen molar-refractivity contribution in [2.24, 2.45) is 0 Å². The Labute approximate surface area is 81.7 Å². The van der Waals surface area contributed by atoms with Gasteiger partial charge in [0.05, 0.1) is 11.7 Å². The lowest BCUT2D eigenvalue weighted by Crippen LogP contribution is -2.39. The van der Waals surface area contributed by atoms with E-state index in [1.165, 1.54) is 0 Å². The summed E-state index contributed by atoms with van der Waals surface area (Å²) in [6.07, 6.45) is 0.176. The molecule has 5 nitrogen and oxygen atoms in total. The molecule has 1 rings (SSSR count). The molecule has 1 aliphatic heterocycles. The van der Waals surface area contributed by atoms with Crippen molar-refractivity contribution < 1.29 is 18.9 Å². The van der Waals surface area contributed by atoms with Gasteiger partial charge in [-0.05, 0) is 6.92 Å². The fourth-order valence-corrected chi connectivity index (χ4v) is 0.899. The lowest BCUT2D eigenvalue weighted by Gasteiger charge is -2.07. The second-order valence-electron chi connectivity index (χ2n) is 2.65. The predicted molar refractivity (Wildman–Crippen MR) is 49.3 cm³/mol. The number of thiol groups is 1. The van der Waals surface area contributed by atoms with Gasteiger partial charge in [0.15, 0.2) is 0 Å². The van der Waals surface area contributed by atoms with Gasteiger partial charge in [0.25, 0.3) is 0 Å². The highest BCUT2D eigenvalue weighted by Crippen LogP contribution is 1.99. The maximum Gasteiger partial charge on any atom is 0.548 e. The number of hydrogen-bond donors (Lipinski definition) is 2. The van der Waals surface area contributed by atoms with Crippen molar-refractivity contribution >= 4 is 31.6 Å². The zero-order chi connectivity index (χ0) is 9.84. The van der Waals surface area contributed by atoms with E-state index in [9.17, 15) is 9.59 Å². The van der Waals surface area contributed by atoms with E-state index in [0.717, 1.165) is 0 Å². The monoisotopic (exact) mass is 203 g/mol. The molecule has 1 saturated heterocycles. The van der Waals surface area contributed by atoms with E-state index >= 15 is 0 Å². The van der Waals surface area contributed by atoms with Gasteiger partial charge in [-0.15, -0.1) is 0 Å². The fourth-order valence-electron chi connectivity index (χ4n) is 0.808. The highest BCUT2D eigenvalue weighted by atomic mass is 32.1. The molecule has 1 fully saturated rings. The minimum absolute atomic E-state index is 0.0447. The third-order valence-corrected chi connectivity index (χ3v) is 1.71. The molecule has 0 radical (unpaired) electrons. The van der Waals surface area contributed by atoms with E-state index in [1.54, 1.807) is 6.92 Å². The first kappa shape index (κ1) is 10.4. The van der Waals surface area contributed by atoms with Crippen molar-refractivity contribution in [1.82, 2.24) is 5.32 Å². The van der Waals surface area contributed by atoms with E-state index in [1.807, 2.05) is 0 Å². The molecule has 13 heavy (non-hydrogen) atoms. The normalized spacial score (nSPS) is 18.3. The van der Waals surface area contributed by atoms with Crippen LogP contribution < -0.4 is 5.32 Å². The second-order valence-corrected chi connectivity index (χ2v) is 3.43. The van der Waals surface area contributed by atoms with Crippen LogP contribution in [0.3, 0.4) is 0 Å². The average Bonchev–Trinajstić information content (AvgIpc) is 2.47. The molecule has 7 heteroatoms. The Bertz CT molecular complexity index is 223. The summed E-state index contributed by atoms with van der Waals surface area (Å²) in [4.78, 5) is 21.6. The maximum atomic E-state index is 11.0. The molecule has 72 valence electrons.